The third kappa shape index (κ3) is 2.43. The second-order valence-electron chi connectivity index (χ2n) is 5.75. The summed E-state index contributed by atoms with van der Waals surface area (Å²) in [6.07, 6.45) is 2.16. The maximum Gasteiger partial charge on any atom is 0.0624 e. The van der Waals surface area contributed by atoms with Gasteiger partial charge in [0.1, 0.15) is 0 Å². The Kier molecular flexibility index (Phi) is 3.67. The van der Waals surface area contributed by atoms with E-state index in [-0.39, 0.29) is 6.04 Å². The third-order valence-electron chi connectivity index (χ3n) is 4.44. The van der Waals surface area contributed by atoms with E-state index < -0.39 is 0 Å². The number of ether oxygens (including phenoxy) is 1. The van der Waals surface area contributed by atoms with Crippen LogP contribution in [0.3, 0.4) is 0 Å². The van der Waals surface area contributed by atoms with Crippen LogP contribution in [0, 0.1) is 0 Å². The third-order valence-corrected chi connectivity index (χ3v) is 4.44. The molecule has 1 saturated heterocycles. The van der Waals surface area contributed by atoms with Gasteiger partial charge in [-0.05, 0) is 17.2 Å². The Bertz CT molecular complexity index is 744. The molecule has 2 heterocycles. The van der Waals surface area contributed by atoms with Crippen LogP contribution in [0.15, 0.2) is 60.8 Å². The number of nitrogens with zero attached hydrogens (tertiary/aromatic N) is 1. The molecule has 22 heavy (non-hydrogen) atoms. The van der Waals surface area contributed by atoms with Crippen molar-refractivity contribution in [2.75, 3.05) is 26.3 Å². The molecule has 2 aromatic carbocycles. The van der Waals surface area contributed by atoms with Crippen LogP contribution < -0.4 is 0 Å². The zero-order chi connectivity index (χ0) is 14.8. The van der Waals surface area contributed by atoms with Crippen molar-refractivity contribution in [3.63, 3.8) is 0 Å². The maximum atomic E-state index is 5.54. The quantitative estimate of drug-likeness (QED) is 0.799. The van der Waals surface area contributed by atoms with E-state index in [2.05, 4.69) is 70.7 Å². The van der Waals surface area contributed by atoms with E-state index in [0.29, 0.717) is 0 Å². The Morgan fingerprint density at radius 3 is 2.45 bits per heavy atom. The minimum Gasteiger partial charge on any atom is -0.379 e. The Hall–Kier alpha value is -2.10. The number of H-pyrrole nitrogens is 1. The number of hydrogen-bond donors (Lipinski definition) is 1. The molecule has 0 saturated carbocycles. The van der Waals surface area contributed by atoms with E-state index in [9.17, 15) is 0 Å². The predicted molar refractivity (Wildman–Crippen MR) is 89.0 cm³/mol. The number of morpholine rings is 1. The van der Waals surface area contributed by atoms with E-state index in [0.717, 1.165) is 26.3 Å². The van der Waals surface area contributed by atoms with Crippen molar-refractivity contribution in [1.82, 2.24) is 9.88 Å². The summed E-state index contributed by atoms with van der Waals surface area (Å²) in [5, 5.41) is 1.31. The van der Waals surface area contributed by atoms with Gasteiger partial charge in [-0.15, -0.1) is 0 Å². The lowest BCUT2D eigenvalue weighted by Crippen LogP contribution is -2.39. The van der Waals surface area contributed by atoms with Crippen molar-refractivity contribution >= 4 is 10.9 Å². The van der Waals surface area contributed by atoms with Crippen molar-refractivity contribution in [3.8, 4) is 0 Å². The molecule has 0 aliphatic carbocycles. The van der Waals surface area contributed by atoms with Gasteiger partial charge < -0.3 is 9.72 Å². The Balaban J connectivity index is 1.83. The molecule has 1 unspecified atom stereocenters. The van der Waals surface area contributed by atoms with Crippen LogP contribution in [-0.4, -0.2) is 36.2 Å². The van der Waals surface area contributed by atoms with Gasteiger partial charge in [-0.1, -0.05) is 48.5 Å². The standard InChI is InChI=1S/C19H20N2O/c1-2-6-15(7-3-1)19(21-10-12-22-13-11-21)17-14-20-18-9-5-4-8-16(17)18/h1-9,14,19-20H,10-13H2. The highest BCUT2D eigenvalue weighted by Crippen LogP contribution is 2.33. The second kappa shape index (κ2) is 5.95. The molecule has 1 atom stereocenters. The normalized spacial score (nSPS) is 17.6. The summed E-state index contributed by atoms with van der Waals surface area (Å²) < 4.78 is 5.54. The summed E-state index contributed by atoms with van der Waals surface area (Å²) in [6, 6.07) is 19.6. The van der Waals surface area contributed by atoms with E-state index in [1.807, 2.05) is 0 Å². The summed E-state index contributed by atoms with van der Waals surface area (Å²) in [6.45, 7) is 3.56. The van der Waals surface area contributed by atoms with Crippen LogP contribution in [0.25, 0.3) is 10.9 Å². The highest BCUT2D eigenvalue weighted by atomic mass is 16.5. The molecule has 0 bridgehead atoms. The molecule has 0 spiro atoms. The summed E-state index contributed by atoms with van der Waals surface area (Å²) in [5.41, 5.74) is 3.89. The summed E-state index contributed by atoms with van der Waals surface area (Å²) >= 11 is 0. The van der Waals surface area contributed by atoms with E-state index in [1.165, 1.54) is 22.0 Å². The monoisotopic (exact) mass is 292 g/mol. The van der Waals surface area contributed by atoms with Gasteiger partial charge in [-0.3, -0.25) is 4.90 Å². The number of aromatic amines is 1. The number of fused-ring (bicyclic) bond motifs is 1. The van der Waals surface area contributed by atoms with Crippen LogP contribution in [-0.2, 0) is 4.74 Å². The van der Waals surface area contributed by atoms with Crippen LogP contribution in [0.1, 0.15) is 17.2 Å². The minimum absolute atomic E-state index is 0.279. The van der Waals surface area contributed by atoms with Crippen molar-refractivity contribution in [2.45, 2.75) is 6.04 Å². The molecule has 112 valence electrons. The van der Waals surface area contributed by atoms with Crippen LogP contribution in [0.5, 0.6) is 0 Å². The average Bonchev–Trinajstić information content (AvgIpc) is 3.01. The van der Waals surface area contributed by atoms with Gasteiger partial charge in [-0.2, -0.15) is 0 Å². The molecule has 1 aliphatic rings. The maximum absolute atomic E-state index is 5.54. The summed E-state index contributed by atoms with van der Waals surface area (Å²) in [7, 11) is 0. The first-order valence-corrected chi connectivity index (χ1v) is 7.86. The second-order valence-corrected chi connectivity index (χ2v) is 5.75. The van der Waals surface area contributed by atoms with Crippen LogP contribution in [0.4, 0.5) is 0 Å². The number of aromatic nitrogens is 1. The van der Waals surface area contributed by atoms with Gasteiger partial charge in [0.15, 0.2) is 0 Å². The first kappa shape index (κ1) is 13.6. The van der Waals surface area contributed by atoms with E-state index in [4.69, 9.17) is 4.74 Å². The highest BCUT2D eigenvalue weighted by molar-refractivity contribution is 5.84. The molecule has 1 aromatic heterocycles. The summed E-state index contributed by atoms with van der Waals surface area (Å²) in [4.78, 5) is 5.94. The number of benzene rings is 2. The number of rotatable bonds is 3. The number of hydrogen-bond acceptors (Lipinski definition) is 2. The highest BCUT2D eigenvalue weighted by Gasteiger charge is 2.26. The Morgan fingerprint density at radius 2 is 1.64 bits per heavy atom. The van der Waals surface area contributed by atoms with Gasteiger partial charge in [-0.25, -0.2) is 0 Å². The average molecular weight is 292 g/mol. The van der Waals surface area contributed by atoms with Crippen molar-refractivity contribution < 1.29 is 4.74 Å². The summed E-state index contributed by atoms with van der Waals surface area (Å²) in [5.74, 6) is 0. The first-order valence-electron chi connectivity index (χ1n) is 7.86. The van der Waals surface area contributed by atoms with Gasteiger partial charge in [0.05, 0.1) is 19.3 Å². The lowest BCUT2D eigenvalue weighted by molar-refractivity contribution is 0.0242. The molecule has 0 amide bonds. The van der Waals surface area contributed by atoms with Gasteiger partial charge in [0.2, 0.25) is 0 Å². The molecule has 1 N–H and O–H groups in total. The van der Waals surface area contributed by atoms with Crippen molar-refractivity contribution in [2.24, 2.45) is 0 Å². The van der Waals surface area contributed by atoms with Crippen molar-refractivity contribution in [3.05, 3.63) is 71.9 Å². The topological polar surface area (TPSA) is 28.3 Å². The van der Waals surface area contributed by atoms with Gasteiger partial charge in [0.25, 0.3) is 0 Å². The minimum atomic E-state index is 0.279. The zero-order valence-corrected chi connectivity index (χ0v) is 12.5. The lowest BCUT2D eigenvalue weighted by atomic mass is 9.96. The predicted octanol–water partition coefficient (Wildman–Crippen LogP) is 3.59. The molecule has 3 heteroatoms. The molecular formula is C19H20N2O. The molecule has 3 nitrogen and oxygen atoms in total. The van der Waals surface area contributed by atoms with Crippen LogP contribution in [0.2, 0.25) is 0 Å². The van der Waals surface area contributed by atoms with Gasteiger partial charge in [0, 0.05) is 30.2 Å². The molecule has 1 fully saturated rings. The lowest BCUT2D eigenvalue weighted by Gasteiger charge is -2.34. The van der Waals surface area contributed by atoms with Crippen LogP contribution >= 0.6 is 0 Å². The molecular weight excluding hydrogens is 272 g/mol. The number of nitrogens with one attached hydrogen (secondary N) is 1. The van der Waals surface area contributed by atoms with E-state index >= 15 is 0 Å². The fourth-order valence-electron chi connectivity index (χ4n) is 3.38. The first-order chi connectivity index (χ1) is 10.9. The van der Waals surface area contributed by atoms with Crippen molar-refractivity contribution in [1.29, 1.82) is 0 Å². The molecule has 1 aliphatic heterocycles. The Labute approximate surface area is 130 Å². The largest absolute Gasteiger partial charge is 0.379 e. The Morgan fingerprint density at radius 1 is 0.909 bits per heavy atom. The molecule has 3 aromatic rings. The molecule has 4 rings (SSSR count). The van der Waals surface area contributed by atoms with E-state index in [1.54, 1.807) is 0 Å². The fraction of sp³-hybridized carbons (Fsp3) is 0.263. The molecule has 0 radical (unpaired) electrons. The smallest absolute Gasteiger partial charge is 0.0624 e. The number of para-hydroxylation sites is 1. The zero-order valence-electron chi connectivity index (χ0n) is 12.5. The fourth-order valence-corrected chi connectivity index (χ4v) is 3.38. The van der Waals surface area contributed by atoms with Gasteiger partial charge >= 0.3 is 0 Å². The SMILES string of the molecule is c1ccc(C(c2c[nH]c3ccccc23)N2CCOCC2)cc1.